The Morgan fingerprint density at radius 2 is 2.20 bits per heavy atom. The summed E-state index contributed by atoms with van der Waals surface area (Å²) in [6.07, 6.45) is 5.34. The van der Waals surface area contributed by atoms with Crippen molar-refractivity contribution in [1.82, 2.24) is 15.3 Å². The molecule has 2 N–H and O–H groups in total. The first kappa shape index (κ1) is 11.6. The van der Waals surface area contributed by atoms with E-state index in [1.54, 1.807) is 0 Å². The molecule has 1 atom stereocenters. The summed E-state index contributed by atoms with van der Waals surface area (Å²) in [5.41, 5.74) is 0.404. The maximum Gasteiger partial charge on any atom is 0.254 e. The molecule has 82 valence electrons. The van der Waals surface area contributed by atoms with Crippen molar-refractivity contribution in [1.29, 1.82) is 0 Å². The highest BCUT2D eigenvalue weighted by atomic mass is 16.3. The van der Waals surface area contributed by atoms with Gasteiger partial charge in [0.05, 0.1) is 11.7 Å². The molecular weight excluding hydrogens is 194 g/mol. The highest BCUT2D eigenvalue weighted by molar-refractivity contribution is 5.93. The lowest BCUT2D eigenvalue weighted by Crippen LogP contribution is -2.32. The van der Waals surface area contributed by atoms with Gasteiger partial charge in [0.1, 0.15) is 6.33 Å². The van der Waals surface area contributed by atoms with E-state index in [2.05, 4.69) is 15.3 Å². The van der Waals surface area contributed by atoms with Crippen LogP contribution in [0.2, 0.25) is 0 Å². The highest BCUT2D eigenvalue weighted by Gasteiger charge is 2.08. The zero-order chi connectivity index (χ0) is 11.1. The van der Waals surface area contributed by atoms with Gasteiger partial charge in [-0.1, -0.05) is 13.3 Å². The summed E-state index contributed by atoms with van der Waals surface area (Å²) in [7, 11) is 0. The first-order chi connectivity index (χ1) is 7.24. The third kappa shape index (κ3) is 4.03. The largest absolute Gasteiger partial charge is 0.391 e. The number of aliphatic hydroxyl groups is 1. The second kappa shape index (κ2) is 6.08. The maximum absolute atomic E-state index is 11.5. The van der Waals surface area contributed by atoms with Crippen molar-refractivity contribution in [2.24, 2.45) is 0 Å². The van der Waals surface area contributed by atoms with Gasteiger partial charge in [-0.15, -0.1) is 0 Å². The van der Waals surface area contributed by atoms with E-state index in [1.807, 2.05) is 6.92 Å². The fourth-order valence-electron chi connectivity index (χ4n) is 1.16. The van der Waals surface area contributed by atoms with E-state index in [0.29, 0.717) is 12.0 Å². The number of aromatic nitrogens is 2. The van der Waals surface area contributed by atoms with Crippen LogP contribution in [0.4, 0.5) is 0 Å². The summed E-state index contributed by atoms with van der Waals surface area (Å²) < 4.78 is 0. The lowest BCUT2D eigenvalue weighted by molar-refractivity contribution is 0.0909. The topological polar surface area (TPSA) is 75.1 Å². The van der Waals surface area contributed by atoms with E-state index in [1.165, 1.54) is 18.7 Å². The summed E-state index contributed by atoms with van der Waals surface area (Å²) in [6.45, 7) is 2.25. The molecule has 0 saturated heterocycles. The Morgan fingerprint density at radius 3 is 2.80 bits per heavy atom. The number of rotatable bonds is 5. The Balaban J connectivity index is 2.37. The Bertz CT molecular complexity index is 303. The van der Waals surface area contributed by atoms with E-state index < -0.39 is 6.10 Å². The number of carbonyl (C=O) groups excluding carboxylic acids is 1. The molecule has 5 heteroatoms. The van der Waals surface area contributed by atoms with Crippen LogP contribution in [0.15, 0.2) is 18.7 Å². The number of hydrogen-bond donors (Lipinski definition) is 2. The number of carbonyl (C=O) groups is 1. The monoisotopic (exact) mass is 209 g/mol. The van der Waals surface area contributed by atoms with Crippen molar-refractivity contribution in [3.63, 3.8) is 0 Å². The minimum Gasteiger partial charge on any atom is -0.391 e. The second-order valence-corrected chi connectivity index (χ2v) is 3.28. The number of aliphatic hydroxyl groups excluding tert-OH is 1. The number of amides is 1. The molecule has 0 radical (unpaired) electrons. The molecule has 0 aliphatic heterocycles. The van der Waals surface area contributed by atoms with Gasteiger partial charge in [-0.3, -0.25) is 4.79 Å². The van der Waals surface area contributed by atoms with Crippen molar-refractivity contribution in [3.8, 4) is 0 Å². The minimum atomic E-state index is -0.483. The van der Waals surface area contributed by atoms with Crippen LogP contribution in [0.25, 0.3) is 0 Å². The fraction of sp³-hybridized carbons (Fsp3) is 0.500. The Kier molecular flexibility index (Phi) is 4.70. The van der Waals surface area contributed by atoms with Crippen LogP contribution < -0.4 is 5.32 Å². The first-order valence-electron chi connectivity index (χ1n) is 4.95. The van der Waals surface area contributed by atoms with Crippen LogP contribution in [-0.2, 0) is 0 Å². The molecule has 1 heterocycles. The third-order valence-electron chi connectivity index (χ3n) is 1.94. The van der Waals surface area contributed by atoms with Crippen LogP contribution in [-0.4, -0.2) is 33.6 Å². The molecule has 0 saturated carbocycles. The molecule has 1 aromatic rings. The quantitative estimate of drug-likeness (QED) is 0.734. The standard InChI is InChI=1S/C10H15N3O2/c1-2-3-9(14)6-13-10(15)8-4-11-7-12-5-8/h4-5,7,9,14H,2-3,6H2,1H3,(H,13,15). The maximum atomic E-state index is 11.5. The second-order valence-electron chi connectivity index (χ2n) is 3.28. The van der Waals surface area contributed by atoms with Gasteiger partial charge in [0.25, 0.3) is 5.91 Å². The highest BCUT2D eigenvalue weighted by Crippen LogP contribution is 1.96. The number of nitrogens with one attached hydrogen (secondary N) is 1. The van der Waals surface area contributed by atoms with Crippen molar-refractivity contribution in [3.05, 3.63) is 24.3 Å². The first-order valence-corrected chi connectivity index (χ1v) is 4.95. The molecular formula is C10H15N3O2. The molecule has 1 aromatic heterocycles. The van der Waals surface area contributed by atoms with Gasteiger partial charge in [-0.25, -0.2) is 9.97 Å². The van der Waals surface area contributed by atoms with Gasteiger partial charge in [0.2, 0.25) is 0 Å². The molecule has 1 rings (SSSR count). The lowest BCUT2D eigenvalue weighted by Gasteiger charge is -2.10. The van der Waals surface area contributed by atoms with Gasteiger partial charge in [-0.05, 0) is 6.42 Å². The van der Waals surface area contributed by atoms with E-state index in [-0.39, 0.29) is 12.5 Å². The van der Waals surface area contributed by atoms with Crippen LogP contribution >= 0.6 is 0 Å². The zero-order valence-electron chi connectivity index (χ0n) is 8.68. The normalized spacial score (nSPS) is 12.1. The predicted octanol–water partition coefficient (Wildman–Crippen LogP) is 0.367. The van der Waals surface area contributed by atoms with E-state index in [0.717, 1.165) is 6.42 Å². The number of nitrogens with zero attached hydrogens (tertiary/aromatic N) is 2. The van der Waals surface area contributed by atoms with Crippen molar-refractivity contribution in [2.45, 2.75) is 25.9 Å². The minimum absolute atomic E-state index is 0.259. The summed E-state index contributed by atoms with van der Waals surface area (Å²) in [6, 6.07) is 0. The summed E-state index contributed by atoms with van der Waals surface area (Å²) in [5.74, 6) is -0.259. The molecule has 1 unspecified atom stereocenters. The van der Waals surface area contributed by atoms with Crippen LogP contribution in [0.1, 0.15) is 30.1 Å². The van der Waals surface area contributed by atoms with Gasteiger partial charge >= 0.3 is 0 Å². The Morgan fingerprint density at radius 1 is 1.53 bits per heavy atom. The molecule has 0 aliphatic carbocycles. The van der Waals surface area contributed by atoms with Gasteiger partial charge in [-0.2, -0.15) is 0 Å². The molecule has 0 aromatic carbocycles. The van der Waals surface area contributed by atoms with Crippen LogP contribution in [0, 0.1) is 0 Å². The third-order valence-corrected chi connectivity index (χ3v) is 1.94. The number of hydrogen-bond acceptors (Lipinski definition) is 4. The fourth-order valence-corrected chi connectivity index (χ4v) is 1.16. The van der Waals surface area contributed by atoms with Gasteiger partial charge in [0, 0.05) is 18.9 Å². The SMILES string of the molecule is CCCC(O)CNC(=O)c1cncnc1. The molecule has 5 nitrogen and oxygen atoms in total. The van der Waals surface area contributed by atoms with Crippen LogP contribution in [0.3, 0.4) is 0 Å². The summed E-state index contributed by atoms with van der Waals surface area (Å²) >= 11 is 0. The Hall–Kier alpha value is -1.49. The van der Waals surface area contributed by atoms with E-state index in [4.69, 9.17) is 0 Å². The smallest absolute Gasteiger partial charge is 0.254 e. The molecule has 0 bridgehead atoms. The molecule has 0 fully saturated rings. The summed E-state index contributed by atoms with van der Waals surface area (Å²) in [4.78, 5) is 18.9. The summed E-state index contributed by atoms with van der Waals surface area (Å²) in [5, 5.41) is 12.0. The predicted molar refractivity (Wildman–Crippen MR) is 55.3 cm³/mol. The average molecular weight is 209 g/mol. The molecule has 1 amide bonds. The molecule has 0 spiro atoms. The Labute approximate surface area is 88.6 Å². The average Bonchev–Trinajstić information content (AvgIpc) is 2.27. The van der Waals surface area contributed by atoms with Gasteiger partial charge in [0.15, 0.2) is 0 Å². The van der Waals surface area contributed by atoms with Crippen molar-refractivity contribution in [2.75, 3.05) is 6.54 Å². The zero-order valence-corrected chi connectivity index (χ0v) is 8.68. The van der Waals surface area contributed by atoms with E-state index >= 15 is 0 Å². The molecule has 15 heavy (non-hydrogen) atoms. The van der Waals surface area contributed by atoms with Crippen molar-refractivity contribution < 1.29 is 9.90 Å². The lowest BCUT2D eigenvalue weighted by atomic mass is 10.2. The molecule has 0 aliphatic rings. The van der Waals surface area contributed by atoms with Crippen LogP contribution in [0.5, 0.6) is 0 Å². The van der Waals surface area contributed by atoms with Gasteiger partial charge < -0.3 is 10.4 Å². The van der Waals surface area contributed by atoms with E-state index in [9.17, 15) is 9.90 Å². The van der Waals surface area contributed by atoms with Crippen molar-refractivity contribution >= 4 is 5.91 Å².